The third-order valence-corrected chi connectivity index (χ3v) is 2.71. The quantitative estimate of drug-likeness (QED) is 0.738. The lowest BCUT2D eigenvalue weighted by atomic mass is 10.2. The second-order valence-electron chi connectivity index (χ2n) is 1.75. The first-order chi connectivity index (χ1) is 4.22. The normalized spacial score (nSPS) is 17.3. The van der Waals surface area contributed by atoms with Crippen LogP contribution < -0.4 is 0 Å². The van der Waals surface area contributed by atoms with Gasteiger partial charge in [-0.3, -0.25) is 0 Å². The Labute approximate surface area is 71.5 Å². The van der Waals surface area contributed by atoms with Crippen LogP contribution in [0.4, 0.5) is 0 Å². The molecule has 0 rings (SSSR count). The molecule has 0 aliphatic carbocycles. The summed E-state index contributed by atoms with van der Waals surface area (Å²) < 4.78 is 0. The van der Waals surface area contributed by atoms with Crippen LogP contribution in [0.3, 0.4) is 0 Å². The Bertz CT molecular complexity index is 70.0. The molecule has 0 heterocycles. The third-order valence-electron chi connectivity index (χ3n) is 0.980. The number of hydrogen-bond donors (Lipinski definition) is 2. The van der Waals surface area contributed by atoms with E-state index >= 15 is 0 Å². The summed E-state index contributed by atoms with van der Waals surface area (Å²) in [6, 6.07) is 0. The molecule has 0 fully saturated rings. The Hall–Kier alpha value is 0.880. The number of alkyl halides is 2. The largest absolute Gasteiger partial charge is 0.396 e. The van der Waals surface area contributed by atoms with Gasteiger partial charge in [0.1, 0.15) is 0 Å². The van der Waals surface area contributed by atoms with Crippen molar-refractivity contribution in [3.8, 4) is 0 Å². The van der Waals surface area contributed by atoms with Gasteiger partial charge in [-0.25, -0.2) is 0 Å². The van der Waals surface area contributed by atoms with Crippen LogP contribution >= 0.6 is 31.9 Å². The highest BCUT2D eigenvalue weighted by Crippen LogP contribution is 2.11. The van der Waals surface area contributed by atoms with E-state index in [2.05, 4.69) is 31.9 Å². The van der Waals surface area contributed by atoms with E-state index in [0.29, 0.717) is 11.8 Å². The molecule has 0 saturated heterocycles. The first-order valence-electron chi connectivity index (χ1n) is 2.71. The van der Waals surface area contributed by atoms with Crippen LogP contribution in [-0.2, 0) is 0 Å². The Morgan fingerprint density at radius 2 is 2.00 bits per heavy atom. The fourth-order valence-electron chi connectivity index (χ4n) is 0.412. The van der Waals surface area contributed by atoms with Crippen molar-refractivity contribution < 1.29 is 10.2 Å². The van der Waals surface area contributed by atoms with Crippen LogP contribution in [0.15, 0.2) is 0 Å². The second-order valence-corrected chi connectivity index (χ2v) is 3.57. The molecular weight excluding hydrogens is 252 g/mol. The minimum atomic E-state index is -0.405. The van der Waals surface area contributed by atoms with Crippen molar-refractivity contribution in [2.75, 3.05) is 11.9 Å². The van der Waals surface area contributed by atoms with Crippen molar-refractivity contribution in [3.05, 3.63) is 0 Å². The molecule has 4 heteroatoms. The maximum atomic E-state index is 9.05. The van der Waals surface area contributed by atoms with E-state index in [1.165, 1.54) is 0 Å². The van der Waals surface area contributed by atoms with Gasteiger partial charge in [-0.15, -0.1) is 0 Å². The Balaban J connectivity index is 3.32. The maximum absolute atomic E-state index is 9.05. The van der Waals surface area contributed by atoms with Crippen molar-refractivity contribution in [1.29, 1.82) is 0 Å². The maximum Gasteiger partial charge on any atom is 0.0762 e. The minimum absolute atomic E-state index is 0.00174. The standard InChI is InChI=1S/C5H10Br2O2/c6-3-5(9)4(7)1-2-8/h4-5,8-9H,1-3H2. The number of halogens is 2. The molecule has 9 heavy (non-hydrogen) atoms. The van der Waals surface area contributed by atoms with E-state index in [9.17, 15) is 0 Å². The highest BCUT2D eigenvalue weighted by atomic mass is 79.9. The average Bonchev–Trinajstić information content (AvgIpc) is 1.87. The summed E-state index contributed by atoms with van der Waals surface area (Å²) in [5, 5.41) is 18.0. The second kappa shape index (κ2) is 5.65. The van der Waals surface area contributed by atoms with Gasteiger partial charge >= 0.3 is 0 Å². The SMILES string of the molecule is OCCC(Br)C(O)CBr. The summed E-state index contributed by atoms with van der Waals surface area (Å²) in [5.41, 5.74) is 0. The van der Waals surface area contributed by atoms with Gasteiger partial charge < -0.3 is 10.2 Å². The average molecular weight is 262 g/mol. The Morgan fingerprint density at radius 3 is 2.33 bits per heavy atom. The summed E-state index contributed by atoms with van der Waals surface area (Å²) in [5.74, 6) is 0. The zero-order valence-corrected chi connectivity index (χ0v) is 8.10. The molecule has 0 aromatic rings. The molecular formula is C5H10Br2O2. The van der Waals surface area contributed by atoms with Crippen LogP contribution in [0.2, 0.25) is 0 Å². The fraction of sp³-hybridized carbons (Fsp3) is 1.00. The van der Waals surface area contributed by atoms with Gasteiger partial charge in [0, 0.05) is 16.8 Å². The van der Waals surface area contributed by atoms with Crippen molar-refractivity contribution in [1.82, 2.24) is 0 Å². The molecule has 0 aliphatic rings. The molecule has 0 bridgehead atoms. The Morgan fingerprint density at radius 1 is 1.44 bits per heavy atom. The minimum Gasteiger partial charge on any atom is -0.396 e. The molecule has 0 aromatic carbocycles. The molecule has 56 valence electrons. The smallest absolute Gasteiger partial charge is 0.0762 e. The van der Waals surface area contributed by atoms with Gasteiger partial charge in [0.15, 0.2) is 0 Å². The van der Waals surface area contributed by atoms with Crippen molar-refractivity contribution in [2.45, 2.75) is 17.4 Å². The Kier molecular flexibility index (Phi) is 6.20. The number of hydrogen-bond acceptors (Lipinski definition) is 2. The van der Waals surface area contributed by atoms with Crippen LogP contribution in [0, 0.1) is 0 Å². The van der Waals surface area contributed by atoms with E-state index in [1.807, 2.05) is 0 Å². The molecule has 2 atom stereocenters. The zero-order valence-electron chi connectivity index (χ0n) is 4.93. The lowest BCUT2D eigenvalue weighted by Crippen LogP contribution is -2.22. The zero-order chi connectivity index (χ0) is 7.28. The summed E-state index contributed by atoms with van der Waals surface area (Å²) in [6.07, 6.45) is 0.185. The monoisotopic (exact) mass is 260 g/mol. The van der Waals surface area contributed by atoms with Gasteiger partial charge in [0.25, 0.3) is 0 Å². The topological polar surface area (TPSA) is 40.5 Å². The predicted molar refractivity (Wildman–Crippen MR) is 44.2 cm³/mol. The highest BCUT2D eigenvalue weighted by Gasteiger charge is 2.12. The van der Waals surface area contributed by atoms with E-state index in [4.69, 9.17) is 10.2 Å². The van der Waals surface area contributed by atoms with E-state index in [0.717, 1.165) is 0 Å². The van der Waals surface area contributed by atoms with Gasteiger partial charge in [0.2, 0.25) is 0 Å². The summed E-state index contributed by atoms with van der Waals surface area (Å²) in [6.45, 7) is 0.111. The molecule has 0 amide bonds. The molecule has 2 unspecified atom stereocenters. The predicted octanol–water partition coefficient (Wildman–Crippen LogP) is 0.888. The summed E-state index contributed by atoms with van der Waals surface area (Å²) in [4.78, 5) is 0.00174. The van der Waals surface area contributed by atoms with Gasteiger partial charge in [-0.1, -0.05) is 31.9 Å². The lowest BCUT2D eigenvalue weighted by molar-refractivity contribution is 0.181. The van der Waals surface area contributed by atoms with Crippen LogP contribution in [0.1, 0.15) is 6.42 Å². The van der Waals surface area contributed by atoms with Crippen molar-refractivity contribution in [2.24, 2.45) is 0 Å². The van der Waals surface area contributed by atoms with E-state index < -0.39 is 6.10 Å². The van der Waals surface area contributed by atoms with Gasteiger partial charge in [-0.05, 0) is 6.42 Å². The van der Waals surface area contributed by atoms with Gasteiger partial charge in [-0.2, -0.15) is 0 Å². The molecule has 0 spiro atoms. The summed E-state index contributed by atoms with van der Waals surface area (Å²) >= 11 is 6.35. The molecule has 2 nitrogen and oxygen atoms in total. The lowest BCUT2D eigenvalue weighted by Gasteiger charge is -2.12. The highest BCUT2D eigenvalue weighted by molar-refractivity contribution is 9.10. The molecule has 0 aromatic heterocycles. The van der Waals surface area contributed by atoms with Crippen LogP contribution in [-0.4, -0.2) is 33.1 Å². The molecule has 0 saturated carbocycles. The van der Waals surface area contributed by atoms with Crippen molar-refractivity contribution >= 4 is 31.9 Å². The summed E-state index contributed by atoms with van der Waals surface area (Å²) in [7, 11) is 0. The first kappa shape index (κ1) is 9.88. The fourth-order valence-corrected chi connectivity index (χ4v) is 1.76. The van der Waals surface area contributed by atoms with Gasteiger partial charge in [0.05, 0.1) is 6.10 Å². The van der Waals surface area contributed by atoms with Crippen molar-refractivity contribution in [3.63, 3.8) is 0 Å². The number of aliphatic hydroxyl groups is 2. The number of rotatable bonds is 4. The molecule has 0 radical (unpaired) electrons. The van der Waals surface area contributed by atoms with Crippen LogP contribution in [0.25, 0.3) is 0 Å². The third kappa shape index (κ3) is 4.31. The van der Waals surface area contributed by atoms with Crippen LogP contribution in [0.5, 0.6) is 0 Å². The number of aliphatic hydroxyl groups excluding tert-OH is 2. The van der Waals surface area contributed by atoms with E-state index in [1.54, 1.807) is 0 Å². The molecule has 2 N–H and O–H groups in total. The van der Waals surface area contributed by atoms with E-state index in [-0.39, 0.29) is 11.4 Å². The molecule has 0 aliphatic heterocycles. The first-order valence-corrected chi connectivity index (χ1v) is 4.75.